The quantitative estimate of drug-likeness (QED) is 0.255. The molecule has 0 atom stereocenters. The molecule has 1 amide bonds. The normalized spacial score (nSPS) is 10.9. The summed E-state index contributed by atoms with van der Waals surface area (Å²) in [5.41, 5.74) is 3.67. The van der Waals surface area contributed by atoms with Gasteiger partial charge in [0.2, 0.25) is 5.91 Å². The van der Waals surface area contributed by atoms with Gasteiger partial charge in [0.25, 0.3) is 5.56 Å². The molecule has 8 heteroatoms. The summed E-state index contributed by atoms with van der Waals surface area (Å²) in [5.74, 6) is -0.756. The molecular weight excluding hydrogens is 462 g/mol. The molecule has 0 aliphatic heterocycles. The number of aryl methyl sites for hydroxylation is 1. The molecule has 0 saturated heterocycles. The third-order valence-corrected chi connectivity index (χ3v) is 6.57. The molecule has 35 heavy (non-hydrogen) atoms. The van der Waals surface area contributed by atoms with E-state index in [9.17, 15) is 14.4 Å². The van der Waals surface area contributed by atoms with Crippen molar-refractivity contribution in [3.05, 3.63) is 81.7 Å². The minimum atomic E-state index is -0.391. The zero-order valence-corrected chi connectivity index (χ0v) is 20.6. The van der Waals surface area contributed by atoms with Crippen LogP contribution in [-0.2, 0) is 22.5 Å². The van der Waals surface area contributed by atoms with E-state index in [4.69, 9.17) is 4.74 Å². The van der Waals surface area contributed by atoms with Crippen molar-refractivity contribution in [2.75, 3.05) is 11.9 Å². The molecule has 4 aromatic rings. The fourth-order valence-corrected chi connectivity index (χ4v) is 4.56. The lowest BCUT2D eigenvalue weighted by molar-refractivity contribution is -0.116. The minimum Gasteiger partial charge on any atom is -0.462 e. The molecule has 4 rings (SSSR count). The number of hydrogen-bond acceptors (Lipinski definition) is 6. The van der Waals surface area contributed by atoms with Gasteiger partial charge in [0.05, 0.1) is 23.9 Å². The number of fused-ring (bicyclic) bond motifs is 1. The number of esters is 1. The second-order valence-electron chi connectivity index (χ2n) is 8.17. The summed E-state index contributed by atoms with van der Waals surface area (Å²) in [6, 6.07) is 14.6. The molecule has 0 radical (unpaired) electrons. The smallest absolute Gasteiger partial charge is 0.338 e. The van der Waals surface area contributed by atoms with Crippen LogP contribution in [0.25, 0.3) is 21.3 Å². The summed E-state index contributed by atoms with van der Waals surface area (Å²) in [5, 5.41) is 5.21. The first-order valence-electron chi connectivity index (χ1n) is 11.6. The molecule has 0 unspecified atom stereocenters. The van der Waals surface area contributed by atoms with Crippen molar-refractivity contribution in [2.24, 2.45) is 0 Å². The van der Waals surface area contributed by atoms with Crippen LogP contribution in [0.3, 0.4) is 0 Å². The number of amides is 1. The Labute approximate surface area is 207 Å². The number of anilines is 1. The number of benzene rings is 2. The summed E-state index contributed by atoms with van der Waals surface area (Å²) in [4.78, 5) is 42.9. The van der Waals surface area contributed by atoms with Crippen LogP contribution >= 0.6 is 11.3 Å². The van der Waals surface area contributed by atoms with Gasteiger partial charge in [0, 0.05) is 16.6 Å². The molecule has 0 fully saturated rings. The largest absolute Gasteiger partial charge is 0.462 e. The van der Waals surface area contributed by atoms with Gasteiger partial charge < -0.3 is 10.1 Å². The molecular formula is C27H27N3O4S. The molecule has 1 N–H and O–H groups in total. The van der Waals surface area contributed by atoms with E-state index in [1.165, 1.54) is 27.8 Å². The number of aromatic nitrogens is 2. The van der Waals surface area contributed by atoms with Crippen molar-refractivity contribution < 1.29 is 14.3 Å². The van der Waals surface area contributed by atoms with Gasteiger partial charge in [-0.05, 0) is 48.2 Å². The number of hydrogen-bond donors (Lipinski definition) is 1. The standard InChI is InChI=1S/C27H27N3O4S/c1-3-5-14-34-27(33)20-10-12-21(13-11-20)29-23(31)15-30-17-28-25-24(26(30)32)22(16-35-25)19-8-6-18(4-2)7-9-19/h6-13,16-17H,3-5,14-15H2,1-2H3,(H,29,31). The molecule has 0 saturated carbocycles. The van der Waals surface area contributed by atoms with Gasteiger partial charge >= 0.3 is 5.97 Å². The van der Waals surface area contributed by atoms with Crippen molar-refractivity contribution in [1.82, 2.24) is 9.55 Å². The third-order valence-electron chi connectivity index (χ3n) is 5.68. The van der Waals surface area contributed by atoms with Crippen molar-refractivity contribution in [1.29, 1.82) is 0 Å². The van der Waals surface area contributed by atoms with Gasteiger partial charge in [0.15, 0.2) is 0 Å². The minimum absolute atomic E-state index is 0.174. The van der Waals surface area contributed by atoms with Crippen LogP contribution in [0.4, 0.5) is 5.69 Å². The molecule has 0 bridgehead atoms. The van der Waals surface area contributed by atoms with Crippen LogP contribution in [0.5, 0.6) is 0 Å². The van der Waals surface area contributed by atoms with E-state index in [1.54, 1.807) is 24.3 Å². The summed E-state index contributed by atoms with van der Waals surface area (Å²) in [6.07, 6.45) is 4.11. The highest BCUT2D eigenvalue weighted by Gasteiger charge is 2.15. The van der Waals surface area contributed by atoms with Crippen molar-refractivity contribution >= 4 is 39.1 Å². The van der Waals surface area contributed by atoms with Gasteiger partial charge in [-0.25, -0.2) is 9.78 Å². The number of ether oxygens (including phenoxy) is 1. The van der Waals surface area contributed by atoms with Gasteiger partial charge in [0.1, 0.15) is 11.4 Å². The van der Waals surface area contributed by atoms with Crippen molar-refractivity contribution in [3.8, 4) is 11.1 Å². The average molecular weight is 490 g/mol. The number of carbonyl (C=O) groups is 2. The zero-order chi connectivity index (χ0) is 24.8. The number of thiophene rings is 1. The number of nitrogens with one attached hydrogen (secondary N) is 1. The first-order valence-corrected chi connectivity index (χ1v) is 12.5. The van der Waals surface area contributed by atoms with Gasteiger partial charge in [-0.15, -0.1) is 11.3 Å². The highest BCUT2D eigenvalue weighted by atomic mass is 32.1. The summed E-state index contributed by atoms with van der Waals surface area (Å²) in [7, 11) is 0. The molecule has 2 heterocycles. The lowest BCUT2D eigenvalue weighted by Gasteiger charge is -2.09. The highest BCUT2D eigenvalue weighted by Crippen LogP contribution is 2.30. The predicted molar refractivity (Wildman–Crippen MR) is 139 cm³/mol. The summed E-state index contributed by atoms with van der Waals surface area (Å²) in [6.45, 7) is 4.33. The Kier molecular flexibility index (Phi) is 7.72. The van der Waals surface area contributed by atoms with E-state index >= 15 is 0 Å². The molecule has 0 spiro atoms. The number of unbranched alkanes of at least 4 members (excludes halogenated alkanes) is 1. The Balaban J connectivity index is 1.47. The predicted octanol–water partition coefficient (Wildman–Crippen LogP) is 5.28. The van der Waals surface area contributed by atoms with E-state index in [2.05, 4.69) is 29.4 Å². The Morgan fingerprint density at radius 1 is 1.06 bits per heavy atom. The van der Waals surface area contributed by atoms with E-state index < -0.39 is 5.97 Å². The maximum atomic E-state index is 13.2. The fourth-order valence-electron chi connectivity index (χ4n) is 3.65. The van der Waals surface area contributed by atoms with Gasteiger partial charge in [-0.2, -0.15) is 0 Å². The fraction of sp³-hybridized carbons (Fsp3) is 0.259. The van der Waals surface area contributed by atoms with Gasteiger partial charge in [-0.1, -0.05) is 44.5 Å². The van der Waals surface area contributed by atoms with Crippen LogP contribution in [0.1, 0.15) is 42.6 Å². The lowest BCUT2D eigenvalue weighted by atomic mass is 10.0. The van der Waals surface area contributed by atoms with E-state index in [0.717, 1.165) is 30.4 Å². The van der Waals surface area contributed by atoms with E-state index in [0.29, 0.717) is 28.1 Å². The van der Waals surface area contributed by atoms with Crippen LogP contribution in [0.15, 0.2) is 65.0 Å². The molecule has 0 aliphatic rings. The SMILES string of the molecule is CCCCOC(=O)c1ccc(NC(=O)Cn2cnc3scc(-c4ccc(CC)cc4)c3c2=O)cc1. The second-order valence-corrected chi connectivity index (χ2v) is 9.03. The van der Waals surface area contributed by atoms with Crippen molar-refractivity contribution in [3.63, 3.8) is 0 Å². The van der Waals surface area contributed by atoms with E-state index in [-0.39, 0.29) is 18.0 Å². The molecule has 2 aromatic carbocycles. The van der Waals surface area contributed by atoms with Crippen molar-refractivity contribution in [2.45, 2.75) is 39.7 Å². The van der Waals surface area contributed by atoms with Crippen LogP contribution in [-0.4, -0.2) is 28.0 Å². The average Bonchev–Trinajstić information content (AvgIpc) is 3.31. The highest BCUT2D eigenvalue weighted by molar-refractivity contribution is 7.17. The van der Waals surface area contributed by atoms with Gasteiger partial charge in [-0.3, -0.25) is 14.2 Å². The lowest BCUT2D eigenvalue weighted by Crippen LogP contribution is -2.27. The van der Waals surface area contributed by atoms with Crippen LogP contribution in [0.2, 0.25) is 0 Å². The molecule has 2 aromatic heterocycles. The van der Waals surface area contributed by atoms with E-state index in [1.807, 2.05) is 24.4 Å². The molecule has 7 nitrogen and oxygen atoms in total. The number of rotatable bonds is 9. The Hall–Kier alpha value is -3.78. The summed E-state index contributed by atoms with van der Waals surface area (Å²) < 4.78 is 6.51. The molecule has 0 aliphatic carbocycles. The van der Waals surface area contributed by atoms with Crippen LogP contribution < -0.4 is 10.9 Å². The molecule has 180 valence electrons. The maximum absolute atomic E-state index is 13.2. The number of carbonyl (C=O) groups excluding carboxylic acids is 2. The third kappa shape index (κ3) is 5.66. The van der Waals surface area contributed by atoms with Crippen LogP contribution in [0, 0.1) is 0 Å². The Morgan fingerprint density at radius 2 is 1.80 bits per heavy atom. The number of nitrogens with zero attached hydrogens (tertiary/aromatic N) is 2. The first-order chi connectivity index (χ1) is 17.0. The first kappa shape index (κ1) is 24.3. The zero-order valence-electron chi connectivity index (χ0n) is 19.7. The Bertz CT molecular complexity index is 1390. The summed E-state index contributed by atoms with van der Waals surface area (Å²) >= 11 is 1.41. The second kappa shape index (κ2) is 11.1. The topological polar surface area (TPSA) is 90.3 Å². The maximum Gasteiger partial charge on any atom is 0.338 e. The monoisotopic (exact) mass is 489 g/mol. The Morgan fingerprint density at radius 3 is 2.49 bits per heavy atom.